The summed E-state index contributed by atoms with van der Waals surface area (Å²) >= 11 is 5.82. The Morgan fingerprint density at radius 3 is 2.32 bits per heavy atom. The molecule has 121 valence electrons. The van der Waals surface area contributed by atoms with Crippen LogP contribution in [0.3, 0.4) is 0 Å². The minimum absolute atomic E-state index is 0.303. The summed E-state index contributed by atoms with van der Waals surface area (Å²) in [5, 5.41) is 3.27. The van der Waals surface area contributed by atoms with E-state index in [4.69, 9.17) is 21.1 Å². The van der Waals surface area contributed by atoms with Gasteiger partial charge in [-0.25, -0.2) is 4.79 Å². The second kappa shape index (κ2) is 8.03. The van der Waals surface area contributed by atoms with Crippen LogP contribution >= 0.6 is 11.6 Å². The number of halogens is 1. The van der Waals surface area contributed by atoms with Gasteiger partial charge in [-0.2, -0.15) is 0 Å². The van der Waals surface area contributed by atoms with Crippen LogP contribution in [-0.4, -0.2) is 18.9 Å². The minimum atomic E-state index is -0.676. The maximum atomic E-state index is 11.7. The Kier molecular flexibility index (Phi) is 6.68. The van der Waals surface area contributed by atoms with E-state index in [1.54, 1.807) is 45.0 Å². The molecular weight excluding hydrogens is 306 g/mol. The quantitative estimate of drug-likeness (QED) is 0.658. The van der Waals surface area contributed by atoms with Crippen LogP contribution in [0.4, 0.5) is 4.79 Å². The largest absolute Gasteiger partial charge is 0.427 e. The fourth-order valence-electron chi connectivity index (χ4n) is 1.55. The maximum Gasteiger partial charge on any atom is 0.410 e. The number of carbonyl (C=O) groups is 2. The van der Waals surface area contributed by atoms with E-state index in [0.29, 0.717) is 11.4 Å². The molecule has 1 aromatic carbocycles. The molecule has 0 spiro atoms. The van der Waals surface area contributed by atoms with Gasteiger partial charge >= 0.3 is 12.1 Å². The molecule has 22 heavy (non-hydrogen) atoms. The van der Waals surface area contributed by atoms with E-state index in [0.717, 1.165) is 5.56 Å². The molecule has 1 rings (SSSR count). The second-order valence-corrected chi connectivity index (χ2v) is 6.21. The molecule has 0 aromatic heterocycles. The van der Waals surface area contributed by atoms with Crippen molar-refractivity contribution in [3.63, 3.8) is 0 Å². The van der Waals surface area contributed by atoms with Crippen LogP contribution in [0.5, 0.6) is 0 Å². The van der Waals surface area contributed by atoms with Crippen LogP contribution in [0, 0.1) is 12.3 Å². The first-order valence-electron chi connectivity index (χ1n) is 6.89. The SMILES string of the molecule is [CH2]CC(NC(=O)OCOC(=O)C(C)(C)C)c1ccc(Cl)cc1. The zero-order valence-electron chi connectivity index (χ0n) is 13.0. The van der Waals surface area contributed by atoms with E-state index < -0.39 is 24.3 Å². The third-order valence-corrected chi connectivity index (χ3v) is 3.10. The third-order valence-electron chi connectivity index (χ3n) is 2.85. The number of nitrogens with one attached hydrogen (secondary N) is 1. The molecule has 0 saturated heterocycles. The van der Waals surface area contributed by atoms with Crippen molar-refractivity contribution in [2.24, 2.45) is 5.41 Å². The molecule has 1 unspecified atom stereocenters. The normalized spacial score (nSPS) is 12.4. The van der Waals surface area contributed by atoms with Crippen LogP contribution in [0.2, 0.25) is 5.02 Å². The van der Waals surface area contributed by atoms with Gasteiger partial charge < -0.3 is 14.8 Å². The first-order valence-corrected chi connectivity index (χ1v) is 7.27. The number of amides is 1. The van der Waals surface area contributed by atoms with Gasteiger partial charge in [0.05, 0.1) is 11.5 Å². The van der Waals surface area contributed by atoms with Crippen molar-refractivity contribution in [1.82, 2.24) is 5.32 Å². The highest BCUT2D eigenvalue weighted by molar-refractivity contribution is 6.30. The van der Waals surface area contributed by atoms with E-state index >= 15 is 0 Å². The zero-order valence-corrected chi connectivity index (χ0v) is 13.8. The lowest BCUT2D eigenvalue weighted by Crippen LogP contribution is -2.31. The molecule has 0 aliphatic carbocycles. The third kappa shape index (κ3) is 5.93. The Labute approximate surface area is 135 Å². The van der Waals surface area contributed by atoms with Gasteiger partial charge in [0.25, 0.3) is 0 Å². The summed E-state index contributed by atoms with van der Waals surface area (Å²) in [6.45, 7) is 8.52. The van der Waals surface area contributed by atoms with Gasteiger partial charge in [0.15, 0.2) is 0 Å². The standard InChI is InChI=1S/C16H21ClNO4/c1-5-13(11-6-8-12(17)9-7-11)18-15(20)22-10-21-14(19)16(2,3)4/h6-9,13H,1,5,10H2,2-4H3,(H,18,20). The molecule has 1 N–H and O–H groups in total. The van der Waals surface area contributed by atoms with Gasteiger partial charge in [-0.1, -0.05) is 30.7 Å². The molecule has 1 atom stereocenters. The number of benzene rings is 1. The van der Waals surface area contributed by atoms with Crippen LogP contribution in [-0.2, 0) is 14.3 Å². The smallest absolute Gasteiger partial charge is 0.410 e. The fraction of sp³-hybridized carbons (Fsp3) is 0.438. The Bertz CT molecular complexity index is 508. The van der Waals surface area contributed by atoms with Crippen molar-refractivity contribution in [2.45, 2.75) is 33.2 Å². The van der Waals surface area contributed by atoms with E-state index in [1.165, 1.54) is 0 Å². The summed E-state index contributed by atoms with van der Waals surface area (Å²) in [6.07, 6.45) is -0.233. The van der Waals surface area contributed by atoms with Crippen molar-refractivity contribution in [2.75, 3.05) is 6.79 Å². The topological polar surface area (TPSA) is 64.6 Å². The molecule has 0 aliphatic rings. The molecule has 6 heteroatoms. The second-order valence-electron chi connectivity index (χ2n) is 5.77. The molecule has 1 amide bonds. The molecule has 0 saturated carbocycles. The average molecular weight is 327 g/mol. The predicted molar refractivity (Wildman–Crippen MR) is 84.2 cm³/mol. The highest BCUT2D eigenvalue weighted by Crippen LogP contribution is 2.19. The summed E-state index contributed by atoms with van der Waals surface area (Å²) in [7, 11) is 0. The number of hydrogen-bond donors (Lipinski definition) is 1. The number of alkyl carbamates (subject to hydrolysis) is 1. The lowest BCUT2D eigenvalue weighted by atomic mass is 9.98. The zero-order chi connectivity index (χ0) is 16.8. The van der Waals surface area contributed by atoms with E-state index in [-0.39, 0.29) is 6.04 Å². The number of rotatable bonds is 5. The predicted octanol–water partition coefficient (Wildman–Crippen LogP) is 3.88. The van der Waals surface area contributed by atoms with Crippen LogP contribution in [0.1, 0.15) is 38.8 Å². The Morgan fingerprint density at radius 1 is 1.23 bits per heavy atom. The first-order chi connectivity index (χ1) is 10.2. The van der Waals surface area contributed by atoms with Crippen molar-refractivity contribution in [3.05, 3.63) is 41.8 Å². The average Bonchev–Trinajstić information content (AvgIpc) is 2.44. The number of carbonyl (C=O) groups excluding carboxylic acids is 2. The van der Waals surface area contributed by atoms with E-state index in [2.05, 4.69) is 12.2 Å². The van der Waals surface area contributed by atoms with Crippen molar-refractivity contribution < 1.29 is 19.1 Å². The Balaban J connectivity index is 2.46. The fourth-order valence-corrected chi connectivity index (χ4v) is 1.68. The van der Waals surface area contributed by atoms with Crippen LogP contribution < -0.4 is 5.32 Å². The summed E-state index contributed by atoms with van der Waals surface area (Å²) < 4.78 is 9.70. The van der Waals surface area contributed by atoms with Gasteiger partial charge in [-0.05, 0) is 44.9 Å². The van der Waals surface area contributed by atoms with Crippen molar-refractivity contribution in [3.8, 4) is 0 Å². The number of hydrogen-bond acceptors (Lipinski definition) is 4. The molecule has 0 heterocycles. The van der Waals surface area contributed by atoms with Crippen molar-refractivity contribution in [1.29, 1.82) is 0 Å². The molecule has 0 bridgehead atoms. The highest BCUT2D eigenvalue weighted by Gasteiger charge is 2.23. The van der Waals surface area contributed by atoms with E-state index in [1.807, 2.05) is 0 Å². The van der Waals surface area contributed by atoms with Gasteiger partial charge in [0, 0.05) is 5.02 Å². The summed E-state index contributed by atoms with van der Waals surface area (Å²) in [4.78, 5) is 23.2. The van der Waals surface area contributed by atoms with Crippen LogP contribution in [0.15, 0.2) is 24.3 Å². The number of ether oxygens (including phenoxy) is 2. The maximum absolute atomic E-state index is 11.7. The monoisotopic (exact) mass is 326 g/mol. The molecule has 5 nitrogen and oxygen atoms in total. The lowest BCUT2D eigenvalue weighted by Gasteiger charge is -2.19. The van der Waals surface area contributed by atoms with Gasteiger partial charge in [-0.15, -0.1) is 0 Å². The molecule has 1 aromatic rings. The molecule has 0 aliphatic heterocycles. The summed E-state index contributed by atoms with van der Waals surface area (Å²) in [6, 6.07) is 6.77. The van der Waals surface area contributed by atoms with Crippen molar-refractivity contribution >= 4 is 23.7 Å². The lowest BCUT2D eigenvalue weighted by molar-refractivity contribution is -0.161. The molecule has 1 radical (unpaired) electrons. The first kappa shape index (κ1) is 18.3. The molecule has 0 fully saturated rings. The Morgan fingerprint density at radius 2 is 1.82 bits per heavy atom. The van der Waals surface area contributed by atoms with Gasteiger partial charge in [0.1, 0.15) is 0 Å². The summed E-state index contributed by atoms with van der Waals surface area (Å²) in [5.41, 5.74) is 0.224. The number of esters is 1. The van der Waals surface area contributed by atoms with E-state index in [9.17, 15) is 9.59 Å². The van der Waals surface area contributed by atoms with Crippen LogP contribution in [0.25, 0.3) is 0 Å². The van der Waals surface area contributed by atoms with Gasteiger partial charge in [0.2, 0.25) is 6.79 Å². The summed E-state index contributed by atoms with van der Waals surface area (Å²) in [5.74, 6) is -0.438. The molecular formula is C16H21ClNO4. The minimum Gasteiger partial charge on any atom is -0.427 e. The van der Waals surface area contributed by atoms with Gasteiger partial charge in [-0.3, -0.25) is 4.79 Å². The highest BCUT2D eigenvalue weighted by atomic mass is 35.5. The Hall–Kier alpha value is -1.75.